The van der Waals surface area contributed by atoms with Crippen LogP contribution in [-0.4, -0.2) is 20.6 Å². The quantitative estimate of drug-likeness (QED) is 0.710. The van der Waals surface area contributed by atoms with E-state index in [9.17, 15) is 0 Å². The van der Waals surface area contributed by atoms with Crippen molar-refractivity contribution in [3.63, 3.8) is 0 Å². The van der Waals surface area contributed by atoms with Crippen LogP contribution in [0.2, 0.25) is 0 Å². The first-order valence-electron chi connectivity index (χ1n) is 5.36. The van der Waals surface area contributed by atoms with E-state index in [0.717, 1.165) is 18.7 Å². The number of hydrogen-bond donors (Lipinski definition) is 1. The lowest BCUT2D eigenvalue weighted by Gasteiger charge is -2.21. The van der Waals surface area contributed by atoms with Crippen LogP contribution in [0, 0.1) is 5.41 Å². The summed E-state index contributed by atoms with van der Waals surface area (Å²) in [6.45, 7) is 6.89. The summed E-state index contributed by atoms with van der Waals surface area (Å²) in [6.07, 6.45) is 5.87. The second-order valence-corrected chi connectivity index (χ2v) is 4.55. The van der Waals surface area contributed by atoms with Crippen molar-refractivity contribution in [2.24, 2.45) is 5.41 Å². The molecule has 1 aromatic heterocycles. The maximum Gasteiger partial charge on any atom is 0.174 e. The summed E-state index contributed by atoms with van der Waals surface area (Å²) >= 11 is 0. The Morgan fingerprint density at radius 3 is 2.64 bits per heavy atom. The van der Waals surface area contributed by atoms with Crippen LogP contribution in [0.1, 0.15) is 52.3 Å². The molecule has 0 aliphatic carbocycles. The van der Waals surface area contributed by atoms with Crippen molar-refractivity contribution in [2.45, 2.75) is 52.9 Å². The first-order valence-corrected chi connectivity index (χ1v) is 5.36. The van der Waals surface area contributed by atoms with Gasteiger partial charge in [-0.15, -0.1) is 10.2 Å². The Morgan fingerprint density at radius 2 is 2.07 bits per heavy atom. The number of nitrogens with zero attached hydrogens (tertiary/aromatic N) is 3. The van der Waals surface area contributed by atoms with E-state index in [0.29, 0.717) is 5.41 Å². The first kappa shape index (κ1) is 11.1. The molecule has 0 spiro atoms. The second-order valence-electron chi connectivity index (χ2n) is 4.55. The molecule has 0 bridgehead atoms. The van der Waals surface area contributed by atoms with E-state index in [1.54, 1.807) is 0 Å². The van der Waals surface area contributed by atoms with Crippen molar-refractivity contribution >= 4 is 0 Å². The third-order valence-electron chi connectivity index (χ3n) is 2.85. The van der Waals surface area contributed by atoms with Crippen LogP contribution in [0.5, 0.6) is 0 Å². The van der Waals surface area contributed by atoms with Gasteiger partial charge in [0, 0.05) is 6.42 Å². The highest BCUT2D eigenvalue weighted by molar-refractivity contribution is 4.76. The lowest BCUT2D eigenvalue weighted by atomic mass is 9.84. The standard InChI is InChI=1S/C10H20N4/c1-4-10(2,3)8-6-5-7-9-11-13-14-12-9/h4-8H2,1-3H3,(H,11,12,13,14). The Bertz CT molecular complexity index is 241. The van der Waals surface area contributed by atoms with Gasteiger partial charge in [-0.3, -0.25) is 0 Å². The van der Waals surface area contributed by atoms with E-state index >= 15 is 0 Å². The topological polar surface area (TPSA) is 54.5 Å². The van der Waals surface area contributed by atoms with Crippen LogP contribution in [0.15, 0.2) is 0 Å². The summed E-state index contributed by atoms with van der Waals surface area (Å²) in [4.78, 5) is 0. The molecule has 14 heavy (non-hydrogen) atoms. The first-order chi connectivity index (χ1) is 6.64. The molecule has 0 fully saturated rings. The van der Waals surface area contributed by atoms with Crippen molar-refractivity contribution < 1.29 is 0 Å². The van der Waals surface area contributed by atoms with Gasteiger partial charge in [-0.25, -0.2) is 0 Å². The highest BCUT2D eigenvalue weighted by Crippen LogP contribution is 2.26. The summed E-state index contributed by atoms with van der Waals surface area (Å²) in [7, 11) is 0. The molecule has 0 amide bonds. The van der Waals surface area contributed by atoms with Crippen molar-refractivity contribution in [1.29, 1.82) is 0 Å². The number of aromatic amines is 1. The fourth-order valence-electron chi connectivity index (χ4n) is 1.35. The maximum absolute atomic E-state index is 3.92. The number of rotatable bonds is 6. The molecule has 0 radical (unpaired) electrons. The van der Waals surface area contributed by atoms with Crippen LogP contribution >= 0.6 is 0 Å². The minimum atomic E-state index is 0.483. The highest BCUT2D eigenvalue weighted by Gasteiger charge is 2.13. The predicted octanol–water partition coefficient (Wildman–Crippen LogP) is 2.35. The second kappa shape index (κ2) is 5.08. The number of tetrazole rings is 1. The van der Waals surface area contributed by atoms with Gasteiger partial charge in [0.25, 0.3) is 0 Å². The number of H-pyrrole nitrogens is 1. The van der Waals surface area contributed by atoms with Crippen LogP contribution in [0.4, 0.5) is 0 Å². The minimum absolute atomic E-state index is 0.483. The normalized spacial score (nSPS) is 11.9. The van der Waals surface area contributed by atoms with Gasteiger partial charge >= 0.3 is 0 Å². The monoisotopic (exact) mass is 196 g/mol. The van der Waals surface area contributed by atoms with E-state index in [1.165, 1.54) is 19.3 Å². The Labute approximate surface area is 85.5 Å². The van der Waals surface area contributed by atoms with E-state index in [2.05, 4.69) is 41.4 Å². The zero-order valence-electron chi connectivity index (χ0n) is 9.38. The predicted molar refractivity (Wildman–Crippen MR) is 55.8 cm³/mol. The summed E-state index contributed by atoms with van der Waals surface area (Å²) < 4.78 is 0. The van der Waals surface area contributed by atoms with Gasteiger partial charge in [-0.1, -0.05) is 38.8 Å². The average Bonchev–Trinajstić information content (AvgIpc) is 2.65. The van der Waals surface area contributed by atoms with Crippen LogP contribution in [0.3, 0.4) is 0 Å². The zero-order chi connectivity index (χ0) is 10.4. The lowest BCUT2D eigenvalue weighted by molar-refractivity contribution is 0.309. The van der Waals surface area contributed by atoms with E-state index in [-0.39, 0.29) is 0 Å². The van der Waals surface area contributed by atoms with Gasteiger partial charge in [0.2, 0.25) is 0 Å². The van der Waals surface area contributed by atoms with Gasteiger partial charge in [0.05, 0.1) is 0 Å². The number of nitrogens with one attached hydrogen (secondary N) is 1. The molecule has 1 rings (SSSR count). The Hall–Kier alpha value is -0.930. The molecule has 0 saturated heterocycles. The zero-order valence-corrected chi connectivity index (χ0v) is 9.38. The van der Waals surface area contributed by atoms with Crippen LogP contribution in [-0.2, 0) is 6.42 Å². The van der Waals surface area contributed by atoms with Crippen molar-refractivity contribution in [2.75, 3.05) is 0 Å². The fourth-order valence-corrected chi connectivity index (χ4v) is 1.35. The van der Waals surface area contributed by atoms with Gasteiger partial charge in [-0.2, -0.15) is 5.21 Å². The lowest BCUT2D eigenvalue weighted by Crippen LogP contribution is -2.09. The van der Waals surface area contributed by atoms with Crippen molar-refractivity contribution in [1.82, 2.24) is 20.6 Å². The smallest absolute Gasteiger partial charge is 0.174 e. The molecule has 1 heterocycles. The summed E-state index contributed by atoms with van der Waals surface area (Å²) in [6, 6.07) is 0. The Morgan fingerprint density at radius 1 is 1.29 bits per heavy atom. The fraction of sp³-hybridized carbons (Fsp3) is 0.900. The Kier molecular flexibility index (Phi) is 4.04. The average molecular weight is 196 g/mol. The summed E-state index contributed by atoms with van der Waals surface area (Å²) in [5.74, 6) is 0.833. The molecule has 4 heteroatoms. The molecule has 80 valence electrons. The van der Waals surface area contributed by atoms with Crippen molar-refractivity contribution in [3.05, 3.63) is 5.82 Å². The third kappa shape index (κ3) is 3.85. The molecular weight excluding hydrogens is 176 g/mol. The molecule has 0 atom stereocenters. The van der Waals surface area contributed by atoms with Crippen LogP contribution < -0.4 is 0 Å². The van der Waals surface area contributed by atoms with E-state index < -0.39 is 0 Å². The molecule has 0 unspecified atom stereocenters. The minimum Gasteiger partial charge on any atom is -0.177 e. The molecule has 0 saturated carbocycles. The largest absolute Gasteiger partial charge is 0.177 e. The number of aryl methyl sites for hydroxylation is 1. The SMILES string of the molecule is CCC(C)(C)CCCCc1nn[nH]n1. The third-order valence-corrected chi connectivity index (χ3v) is 2.85. The van der Waals surface area contributed by atoms with Gasteiger partial charge in [-0.05, 0) is 18.3 Å². The molecule has 1 N–H and O–H groups in total. The molecule has 1 aromatic rings. The molecule has 4 nitrogen and oxygen atoms in total. The van der Waals surface area contributed by atoms with Crippen molar-refractivity contribution in [3.8, 4) is 0 Å². The van der Waals surface area contributed by atoms with Gasteiger partial charge in [0.15, 0.2) is 5.82 Å². The van der Waals surface area contributed by atoms with Crippen LogP contribution in [0.25, 0.3) is 0 Å². The van der Waals surface area contributed by atoms with E-state index in [4.69, 9.17) is 0 Å². The number of unbranched alkanes of at least 4 members (excludes halogenated alkanes) is 1. The molecule has 0 aliphatic rings. The highest BCUT2D eigenvalue weighted by atomic mass is 15.5. The van der Waals surface area contributed by atoms with Gasteiger partial charge < -0.3 is 0 Å². The van der Waals surface area contributed by atoms with Gasteiger partial charge in [0.1, 0.15) is 0 Å². The molecule has 0 aromatic carbocycles. The summed E-state index contributed by atoms with van der Waals surface area (Å²) in [5.41, 5.74) is 0.483. The molecular formula is C10H20N4. The maximum atomic E-state index is 3.92. The number of hydrogen-bond acceptors (Lipinski definition) is 3. The summed E-state index contributed by atoms with van der Waals surface area (Å²) in [5, 5.41) is 13.8. The molecule has 0 aliphatic heterocycles. The van der Waals surface area contributed by atoms with E-state index in [1.807, 2.05) is 0 Å². The Balaban J connectivity index is 2.11. The number of aromatic nitrogens is 4.